The van der Waals surface area contributed by atoms with Gasteiger partial charge in [-0.15, -0.1) is 23.2 Å². The molecule has 1 aliphatic heterocycles. The fraction of sp³-hybridized carbons (Fsp3) is 0.167. The maximum atomic E-state index is 13.7. The minimum atomic E-state index is -1.12. The van der Waals surface area contributed by atoms with Crippen molar-refractivity contribution in [3.8, 4) is 22.5 Å². The number of fused-ring (bicyclic) bond motifs is 3. The Balaban J connectivity index is 0.000000157. The van der Waals surface area contributed by atoms with Crippen molar-refractivity contribution >= 4 is 125 Å². The van der Waals surface area contributed by atoms with E-state index in [-0.39, 0.29) is 22.4 Å². The summed E-state index contributed by atoms with van der Waals surface area (Å²) in [5, 5.41) is 4.50. The predicted octanol–water partition coefficient (Wildman–Crippen LogP) is 15.1. The number of para-hydroxylation sites is 3. The molecule has 0 unspecified atom stereocenters. The van der Waals surface area contributed by atoms with Gasteiger partial charge in [-0.25, -0.2) is 32.5 Å². The van der Waals surface area contributed by atoms with Gasteiger partial charge in [0.2, 0.25) is 0 Å². The zero-order valence-corrected chi connectivity index (χ0v) is 50.2. The Kier molecular flexibility index (Phi) is 21.6. The number of benzene rings is 5. The lowest BCUT2D eigenvalue weighted by molar-refractivity contribution is 0.00578. The summed E-state index contributed by atoms with van der Waals surface area (Å²) in [6, 6.07) is 29.7. The SMILES string of the molecule is CC1(C)OB(c2cnc(N)cn2)OC1(C)C.Cc1oc2ccccc2c1-c1cnc(N)cn1.Cc1oc2ccccc2c1-c1cnc(NC(=O)c2c(F)cccc2F)cn1.Cc1oc2ccccc2c1Br.ClCCl.O=C(Cl)c1c(F)cccc1F. The van der Waals surface area contributed by atoms with Crippen LogP contribution in [0.4, 0.5) is 35.0 Å². The summed E-state index contributed by atoms with van der Waals surface area (Å²) in [7, 11) is -0.474. The lowest BCUT2D eigenvalue weighted by Crippen LogP contribution is -2.41. The predicted molar refractivity (Wildman–Crippen MR) is 327 cm³/mol. The first-order valence-electron chi connectivity index (χ1n) is 25.4. The second kappa shape index (κ2) is 28.6. The number of nitrogens with two attached hydrogens (primary N) is 2. The molecule has 85 heavy (non-hydrogen) atoms. The maximum Gasteiger partial charge on any atom is 0.516 e. The first-order valence-corrected chi connectivity index (χ1v) is 27.6. The van der Waals surface area contributed by atoms with Gasteiger partial charge in [0.25, 0.3) is 11.1 Å². The number of aryl methyl sites for hydroxylation is 3. The van der Waals surface area contributed by atoms with Gasteiger partial charge >= 0.3 is 7.12 Å². The van der Waals surface area contributed by atoms with Crippen LogP contribution < -0.4 is 22.4 Å². The molecule has 0 bridgehead atoms. The minimum Gasteiger partial charge on any atom is -0.461 e. The fourth-order valence-electron chi connectivity index (χ4n) is 8.11. The van der Waals surface area contributed by atoms with E-state index in [1.807, 2.05) is 121 Å². The van der Waals surface area contributed by atoms with Gasteiger partial charge in [0.15, 0.2) is 5.82 Å². The largest absolute Gasteiger partial charge is 0.516 e. The number of amides is 1. The molecule has 438 valence electrons. The smallest absolute Gasteiger partial charge is 0.461 e. The Morgan fingerprint density at radius 1 is 0.541 bits per heavy atom. The quantitative estimate of drug-likeness (QED) is 0.0608. The number of nitrogens with one attached hydrogen (secondary N) is 1. The van der Waals surface area contributed by atoms with E-state index < -0.39 is 52.7 Å². The van der Waals surface area contributed by atoms with E-state index in [4.69, 9.17) is 68.8 Å². The lowest BCUT2D eigenvalue weighted by atomic mass is 9.85. The molecule has 1 fully saturated rings. The summed E-state index contributed by atoms with van der Waals surface area (Å²) < 4.78 is 82.1. The average Bonchev–Trinajstić information content (AvgIpc) is 3.13. The Labute approximate surface area is 508 Å². The zero-order chi connectivity index (χ0) is 61.8. The number of carbonyl (C=O) groups excluding carboxylic acids is 2. The van der Waals surface area contributed by atoms with Crippen molar-refractivity contribution < 1.29 is 49.7 Å². The Bertz CT molecular complexity index is 4050. The van der Waals surface area contributed by atoms with E-state index in [9.17, 15) is 27.2 Å². The van der Waals surface area contributed by atoms with Crippen molar-refractivity contribution in [1.29, 1.82) is 0 Å². The third kappa shape index (κ3) is 15.7. The number of furan rings is 3. The fourth-order valence-corrected chi connectivity index (χ4v) is 8.70. The van der Waals surface area contributed by atoms with Gasteiger partial charge in [0.1, 0.15) is 80.1 Å². The van der Waals surface area contributed by atoms with Crippen LogP contribution in [-0.4, -0.2) is 64.7 Å². The first kappa shape index (κ1) is 64.3. The Hall–Kier alpha value is -8.25. The van der Waals surface area contributed by atoms with E-state index in [2.05, 4.69) is 51.2 Å². The van der Waals surface area contributed by atoms with E-state index in [1.54, 1.807) is 18.6 Å². The third-order valence-corrected chi connectivity index (χ3v) is 14.0. The van der Waals surface area contributed by atoms with Gasteiger partial charge in [-0.1, -0.05) is 60.7 Å². The third-order valence-electron chi connectivity index (χ3n) is 12.9. The molecular weight excluding hydrogens is 1230 g/mol. The van der Waals surface area contributed by atoms with Crippen LogP contribution in [0.15, 0.2) is 164 Å². The molecule has 12 rings (SSSR count). The number of hydrogen-bond acceptors (Lipinski definition) is 15. The van der Waals surface area contributed by atoms with Crippen LogP contribution in [0, 0.1) is 44.0 Å². The van der Waals surface area contributed by atoms with Crippen molar-refractivity contribution in [2.45, 2.75) is 59.7 Å². The molecule has 6 aromatic heterocycles. The van der Waals surface area contributed by atoms with Crippen LogP contribution >= 0.6 is 50.7 Å². The molecule has 5 N–H and O–H groups in total. The standard InChI is InChI=1S/C20H13F2N3O2.C13H11N3O.C10H16BN3O2.C9H7BrO.C7H3ClF2O.CH2Cl2/c1-11-18(12-5-2-3-8-16(12)27-11)15-9-24-17(10-23-15)25-20(26)19-13(21)6-4-7-14(19)22;1-8-13(10-6-16-12(14)7-15-10)9-4-2-3-5-11(9)17-8;1-9(2)10(3,4)16-11(15-9)7-5-14-8(12)6-13-7;1-6-9(10)7-4-2-3-5-8(7)11-6;8-7(11)6-4(9)2-1-3-5(6)10;2-1-3/h2-10H,1H3,(H,24,25,26);2-7H,1H3,(H2,14,16);5-6H,1-4H3,(H2,12,14);2-5H,1H3;1-3H;1H2. The van der Waals surface area contributed by atoms with Gasteiger partial charge in [0.05, 0.1) is 80.1 Å². The van der Waals surface area contributed by atoms with Crippen LogP contribution in [0.25, 0.3) is 55.4 Å². The van der Waals surface area contributed by atoms with Crippen LogP contribution in [0.1, 0.15) is 65.7 Å². The molecule has 1 saturated heterocycles. The summed E-state index contributed by atoms with van der Waals surface area (Å²) >= 11 is 17.9. The molecule has 0 saturated carbocycles. The number of carbonyl (C=O) groups is 2. The molecule has 11 aromatic rings. The van der Waals surface area contributed by atoms with Crippen molar-refractivity contribution in [2.24, 2.45) is 0 Å². The lowest BCUT2D eigenvalue weighted by Gasteiger charge is -2.32. The summed E-state index contributed by atoms with van der Waals surface area (Å²) in [4.78, 5) is 47.4. The van der Waals surface area contributed by atoms with Crippen molar-refractivity contribution in [3.05, 3.63) is 203 Å². The molecule has 0 spiro atoms. The highest BCUT2D eigenvalue weighted by atomic mass is 79.9. The number of rotatable bonds is 6. The number of nitrogen functional groups attached to an aromatic ring is 2. The van der Waals surface area contributed by atoms with Gasteiger partial charge < -0.3 is 39.3 Å². The molecule has 25 heteroatoms. The zero-order valence-electron chi connectivity index (χ0n) is 46.4. The second-order valence-corrected chi connectivity index (χ2v) is 21.1. The molecule has 0 atom stereocenters. The minimum absolute atomic E-state index is 0.0804. The van der Waals surface area contributed by atoms with E-state index in [1.165, 1.54) is 24.7 Å². The highest BCUT2D eigenvalue weighted by Gasteiger charge is 2.52. The molecule has 5 aromatic carbocycles. The summed E-state index contributed by atoms with van der Waals surface area (Å²) in [6.45, 7) is 13.7. The topological polar surface area (TPSA) is 233 Å². The van der Waals surface area contributed by atoms with E-state index in [0.717, 1.165) is 96.1 Å². The van der Waals surface area contributed by atoms with Gasteiger partial charge in [0, 0.05) is 22.4 Å². The highest BCUT2D eigenvalue weighted by Crippen LogP contribution is 2.37. The number of nitrogens with zero attached hydrogens (tertiary/aromatic N) is 6. The molecule has 7 heterocycles. The first-order chi connectivity index (χ1) is 40.4. The van der Waals surface area contributed by atoms with Gasteiger partial charge in [-0.2, -0.15) is 0 Å². The van der Waals surface area contributed by atoms with E-state index in [0.29, 0.717) is 28.7 Å². The van der Waals surface area contributed by atoms with Crippen LogP contribution in [-0.2, 0) is 9.31 Å². The van der Waals surface area contributed by atoms with Crippen LogP contribution in [0.5, 0.6) is 0 Å². The van der Waals surface area contributed by atoms with E-state index >= 15 is 0 Å². The monoisotopic (exact) mass is 1280 g/mol. The molecular formula is C60H52BBrCl3F4N9O7. The Morgan fingerprint density at radius 2 is 0.941 bits per heavy atom. The number of hydrogen-bond donors (Lipinski definition) is 3. The highest BCUT2D eigenvalue weighted by molar-refractivity contribution is 9.10. The van der Waals surface area contributed by atoms with Crippen molar-refractivity contribution in [2.75, 3.05) is 22.1 Å². The number of halogens is 8. The Morgan fingerprint density at radius 3 is 1.34 bits per heavy atom. The molecule has 0 aliphatic carbocycles. The molecule has 16 nitrogen and oxygen atoms in total. The normalized spacial score (nSPS) is 12.7. The second-order valence-electron chi connectivity index (χ2n) is 19.1. The average molecular weight is 1280 g/mol. The summed E-state index contributed by atoms with van der Waals surface area (Å²) in [5.74, 6) is -1.36. The molecule has 1 aliphatic rings. The summed E-state index contributed by atoms with van der Waals surface area (Å²) in [6.07, 6.45) is 9.10. The molecule has 1 amide bonds. The van der Waals surface area contributed by atoms with Gasteiger partial charge in [-0.05, 0) is 125 Å². The summed E-state index contributed by atoms with van der Waals surface area (Å²) in [5.41, 5.74) is 15.2. The van der Waals surface area contributed by atoms with Crippen molar-refractivity contribution in [3.63, 3.8) is 0 Å². The number of anilines is 3. The maximum absolute atomic E-state index is 13.7. The van der Waals surface area contributed by atoms with Gasteiger partial charge in [-0.3, -0.25) is 24.5 Å². The number of aromatic nitrogens is 6. The van der Waals surface area contributed by atoms with Crippen molar-refractivity contribution in [1.82, 2.24) is 29.9 Å². The van der Waals surface area contributed by atoms with Crippen LogP contribution in [0.3, 0.4) is 0 Å². The molecule has 0 radical (unpaired) electrons. The number of alkyl halides is 2. The van der Waals surface area contributed by atoms with Crippen LogP contribution in [0.2, 0.25) is 0 Å².